The molecule has 1 aliphatic rings. The number of aliphatic imine (C=N–C) groups is 1. The van der Waals surface area contributed by atoms with Gasteiger partial charge < -0.3 is 14.8 Å². The summed E-state index contributed by atoms with van der Waals surface area (Å²) in [6, 6.07) is 14.4. The molecule has 6 heteroatoms. The number of rotatable bonds is 4. The van der Waals surface area contributed by atoms with Crippen LogP contribution in [0.3, 0.4) is 0 Å². The Bertz CT molecular complexity index is 772. The first kappa shape index (κ1) is 16.8. The van der Waals surface area contributed by atoms with Crippen LogP contribution in [0.15, 0.2) is 53.5 Å². The van der Waals surface area contributed by atoms with Gasteiger partial charge >= 0.3 is 6.03 Å². The second-order valence-electron chi connectivity index (χ2n) is 5.57. The van der Waals surface area contributed by atoms with Crippen molar-refractivity contribution in [1.82, 2.24) is 0 Å². The van der Waals surface area contributed by atoms with Gasteiger partial charge in [-0.15, -0.1) is 0 Å². The molecule has 0 aromatic heterocycles. The van der Waals surface area contributed by atoms with Crippen LogP contribution in [0.25, 0.3) is 0 Å². The number of amides is 2. The molecule has 1 heterocycles. The predicted octanol–water partition coefficient (Wildman–Crippen LogP) is 3.93. The number of carbonyl (C=O) groups excluding carboxylic acids is 1. The standard InChI is InChI=1S/C19H21N3O3/c1-24-15-11-9-14(10-12-15)22(18-8-5-13-20-18)19(23)21-16-6-3-4-7-17(16)25-2/h3-4,6-7,9-12H,5,8,13H2,1-2H3,(H,21,23). The zero-order chi connectivity index (χ0) is 17.6. The van der Waals surface area contributed by atoms with Gasteiger partial charge in [-0.2, -0.15) is 0 Å². The minimum atomic E-state index is -0.268. The van der Waals surface area contributed by atoms with E-state index in [2.05, 4.69) is 10.3 Å². The number of carbonyl (C=O) groups is 1. The summed E-state index contributed by atoms with van der Waals surface area (Å²) in [7, 11) is 3.19. The summed E-state index contributed by atoms with van der Waals surface area (Å²) in [5.41, 5.74) is 1.36. The van der Waals surface area contributed by atoms with E-state index in [9.17, 15) is 4.79 Å². The molecule has 6 nitrogen and oxygen atoms in total. The fraction of sp³-hybridized carbons (Fsp3) is 0.263. The van der Waals surface area contributed by atoms with Crippen molar-refractivity contribution >= 4 is 23.2 Å². The minimum Gasteiger partial charge on any atom is -0.497 e. The largest absolute Gasteiger partial charge is 0.497 e. The van der Waals surface area contributed by atoms with E-state index >= 15 is 0 Å². The Morgan fingerprint density at radius 1 is 1.08 bits per heavy atom. The van der Waals surface area contributed by atoms with Crippen molar-refractivity contribution < 1.29 is 14.3 Å². The number of nitrogens with one attached hydrogen (secondary N) is 1. The van der Waals surface area contributed by atoms with Crippen molar-refractivity contribution in [1.29, 1.82) is 0 Å². The third-order valence-electron chi connectivity index (χ3n) is 3.99. The Labute approximate surface area is 147 Å². The van der Waals surface area contributed by atoms with Crippen LogP contribution in [0.4, 0.5) is 16.2 Å². The summed E-state index contributed by atoms with van der Waals surface area (Å²) in [4.78, 5) is 19.1. The van der Waals surface area contributed by atoms with E-state index in [1.54, 1.807) is 31.3 Å². The van der Waals surface area contributed by atoms with Gasteiger partial charge in [-0.1, -0.05) is 12.1 Å². The fourth-order valence-corrected chi connectivity index (χ4v) is 2.74. The maximum absolute atomic E-state index is 13.0. The van der Waals surface area contributed by atoms with Crippen LogP contribution in [0.5, 0.6) is 11.5 Å². The summed E-state index contributed by atoms with van der Waals surface area (Å²) in [5.74, 6) is 2.11. The maximum atomic E-state index is 13.0. The van der Waals surface area contributed by atoms with Gasteiger partial charge in [0.05, 0.1) is 25.6 Å². The molecule has 0 radical (unpaired) electrons. The number of urea groups is 1. The topological polar surface area (TPSA) is 63.2 Å². The molecule has 25 heavy (non-hydrogen) atoms. The summed E-state index contributed by atoms with van der Waals surface area (Å²) < 4.78 is 10.5. The number of benzene rings is 2. The van der Waals surface area contributed by atoms with Crippen LogP contribution in [0, 0.1) is 0 Å². The lowest BCUT2D eigenvalue weighted by Crippen LogP contribution is -2.39. The van der Waals surface area contributed by atoms with Gasteiger partial charge in [0.15, 0.2) is 0 Å². The van der Waals surface area contributed by atoms with E-state index in [1.807, 2.05) is 36.4 Å². The Morgan fingerprint density at radius 3 is 2.48 bits per heavy atom. The van der Waals surface area contributed by atoms with E-state index in [1.165, 1.54) is 0 Å². The van der Waals surface area contributed by atoms with Crippen molar-refractivity contribution in [3.63, 3.8) is 0 Å². The lowest BCUT2D eigenvalue weighted by molar-refractivity contribution is 0.259. The lowest BCUT2D eigenvalue weighted by Gasteiger charge is -2.24. The monoisotopic (exact) mass is 339 g/mol. The molecule has 0 saturated carbocycles. The van der Waals surface area contributed by atoms with Gasteiger partial charge in [-0.25, -0.2) is 4.79 Å². The predicted molar refractivity (Wildman–Crippen MR) is 99.0 cm³/mol. The Hall–Kier alpha value is -3.02. The van der Waals surface area contributed by atoms with E-state index in [-0.39, 0.29) is 6.03 Å². The van der Waals surface area contributed by atoms with E-state index in [4.69, 9.17) is 9.47 Å². The van der Waals surface area contributed by atoms with Crippen molar-refractivity contribution in [2.24, 2.45) is 4.99 Å². The SMILES string of the molecule is COc1ccc(N(C(=O)Nc2ccccc2OC)C2=NCCC2)cc1. The molecular formula is C19H21N3O3. The number of nitrogens with zero attached hydrogens (tertiary/aromatic N) is 2. The average Bonchev–Trinajstić information content (AvgIpc) is 3.17. The molecule has 3 rings (SSSR count). The van der Waals surface area contributed by atoms with Crippen LogP contribution in [-0.2, 0) is 0 Å². The number of para-hydroxylation sites is 2. The highest BCUT2D eigenvalue weighted by Crippen LogP contribution is 2.27. The highest BCUT2D eigenvalue weighted by Gasteiger charge is 2.24. The van der Waals surface area contributed by atoms with Crippen LogP contribution < -0.4 is 19.7 Å². The maximum Gasteiger partial charge on any atom is 0.331 e. The number of anilines is 2. The molecule has 2 aromatic rings. The second-order valence-corrected chi connectivity index (χ2v) is 5.57. The molecule has 2 amide bonds. The van der Waals surface area contributed by atoms with Crippen molar-refractivity contribution in [2.75, 3.05) is 31.0 Å². The molecule has 0 bridgehead atoms. The quantitative estimate of drug-likeness (QED) is 0.918. The molecule has 1 aliphatic heterocycles. The lowest BCUT2D eigenvalue weighted by atomic mass is 10.2. The molecule has 0 fully saturated rings. The van der Waals surface area contributed by atoms with Crippen LogP contribution >= 0.6 is 0 Å². The average molecular weight is 339 g/mol. The normalized spacial score (nSPS) is 13.1. The molecule has 0 saturated heterocycles. The fourth-order valence-electron chi connectivity index (χ4n) is 2.74. The number of hydrogen-bond donors (Lipinski definition) is 1. The van der Waals surface area contributed by atoms with Crippen molar-refractivity contribution in [3.05, 3.63) is 48.5 Å². The van der Waals surface area contributed by atoms with Gasteiger partial charge in [0.2, 0.25) is 0 Å². The van der Waals surface area contributed by atoms with E-state index in [0.29, 0.717) is 11.4 Å². The molecule has 0 unspecified atom stereocenters. The first-order valence-electron chi connectivity index (χ1n) is 8.14. The van der Waals surface area contributed by atoms with Crippen molar-refractivity contribution in [2.45, 2.75) is 12.8 Å². The van der Waals surface area contributed by atoms with Gasteiger partial charge in [0.25, 0.3) is 0 Å². The summed E-state index contributed by atoms with van der Waals surface area (Å²) in [5, 5.41) is 2.92. The van der Waals surface area contributed by atoms with Gasteiger partial charge in [0.1, 0.15) is 17.3 Å². The highest BCUT2D eigenvalue weighted by atomic mass is 16.5. The Kier molecular flexibility index (Phi) is 5.18. The molecule has 1 N–H and O–H groups in total. The summed E-state index contributed by atoms with van der Waals surface area (Å²) in [6.45, 7) is 0.740. The van der Waals surface area contributed by atoms with Gasteiger partial charge in [-0.3, -0.25) is 9.89 Å². The minimum absolute atomic E-state index is 0.268. The number of ether oxygens (including phenoxy) is 2. The first-order valence-corrected chi connectivity index (χ1v) is 8.14. The number of amidine groups is 1. The van der Waals surface area contributed by atoms with E-state index < -0.39 is 0 Å². The van der Waals surface area contributed by atoms with E-state index in [0.717, 1.165) is 36.7 Å². The third kappa shape index (κ3) is 3.74. The van der Waals surface area contributed by atoms with Crippen LogP contribution in [0.2, 0.25) is 0 Å². The summed E-state index contributed by atoms with van der Waals surface area (Å²) >= 11 is 0. The third-order valence-corrected chi connectivity index (χ3v) is 3.99. The smallest absolute Gasteiger partial charge is 0.331 e. The van der Waals surface area contributed by atoms with Crippen molar-refractivity contribution in [3.8, 4) is 11.5 Å². The molecule has 2 aromatic carbocycles. The molecule has 130 valence electrons. The first-order chi connectivity index (χ1) is 12.2. The molecule has 0 aliphatic carbocycles. The number of methoxy groups -OCH3 is 2. The Morgan fingerprint density at radius 2 is 1.84 bits per heavy atom. The number of hydrogen-bond acceptors (Lipinski definition) is 4. The Balaban J connectivity index is 1.89. The molecule has 0 spiro atoms. The molecule has 0 atom stereocenters. The van der Waals surface area contributed by atoms with Gasteiger partial charge in [-0.05, 0) is 42.8 Å². The highest BCUT2D eigenvalue weighted by molar-refractivity contribution is 6.20. The second kappa shape index (κ2) is 7.70. The zero-order valence-electron chi connectivity index (χ0n) is 14.4. The van der Waals surface area contributed by atoms with Crippen LogP contribution in [-0.4, -0.2) is 32.6 Å². The molecular weight excluding hydrogens is 318 g/mol. The van der Waals surface area contributed by atoms with Gasteiger partial charge in [0, 0.05) is 13.0 Å². The van der Waals surface area contributed by atoms with Crippen LogP contribution in [0.1, 0.15) is 12.8 Å². The zero-order valence-corrected chi connectivity index (χ0v) is 14.4. The summed E-state index contributed by atoms with van der Waals surface area (Å²) in [6.07, 6.45) is 1.72.